The van der Waals surface area contributed by atoms with Crippen LogP contribution in [0.25, 0.3) is 110 Å². The van der Waals surface area contributed by atoms with Crippen LogP contribution in [0.3, 0.4) is 0 Å². The van der Waals surface area contributed by atoms with E-state index in [1.54, 1.807) is 0 Å². The van der Waals surface area contributed by atoms with Crippen LogP contribution in [0.4, 0.5) is 17.1 Å². The molecule has 0 fully saturated rings. The molecule has 2 heterocycles. The number of rotatable bonds is 5. The fraction of sp³-hybridized carbons (Fsp3) is 0.0476. The van der Waals surface area contributed by atoms with Crippen molar-refractivity contribution in [3.63, 3.8) is 0 Å². The van der Waals surface area contributed by atoms with Crippen LogP contribution in [-0.2, 0) is 5.41 Å². The number of nitrogens with zero attached hydrogens (tertiary/aromatic N) is 1. The van der Waals surface area contributed by atoms with Crippen LogP contribution in [0.15, 0.2) is 221 Å². The molecule has 0 saturated heterocycles. The molecule has 310 valence electrons. The highest BCUT2D eigenvalue weighted by atomic mass is 16.3. The molecule has 66 heavy (non-hydrogen) atoms. The quantitative estimate of drug-likeness (QED) is 0.162. The first kappa shape index (κ1) is 37.0. The van der Waals surface area contributed by atoms with Crippen molar-refractivity contribution in [2.24, 2.45) is 0 Å². The molecule has 0 saturated carbocycles. The summed E-state index contributed by atoms with van der Waals surface area (Å²) < 4.78 is 13.8. The van der Waals surface area contributed by atoms with Gasteiger partial charge in [-0.3, -0.25) is 0 Å². The van der Waals surface area contributed by atoms with Gasteiger partial charge in [0.25, 0.3) is 0 Å². The maximum atomic E-state index is 7.29. The zero-order valence-electron chi connectivity index (χ0n) is 36.5. The molecule has 3 nitrogen and oxygen atoms in total. The van der Waals surface area contributed by atoms with Crippen LogP contribution in [-0.4, -0.2) is 0 Å². The fourth-order valence-corrected chi connectivity index (χ4v) is 11.4. The molecule has 0 spiro atoms. The number of para-hydroxylation sites is 2. The maximum Gasteiger partial charge on any atom is 0.145 e. The monoisotopic (exact) mass is 843 g/mol. The average molecular weight is 844 g/mol. The number of fused-ring (bicyclic) bond motifs is 16. The van der Waals surface area contributed by atoms with Crippen LogP contribution in [0, 0.1) is 0 Å². The van der Waals surface area contributed by atoms with Crippen LogP contribution in [0.2, 0.25) is 0 Å². The minimum Gasteiger partial charge on any atom is -0.456 e. The minimum atomic E-state index is -0.195. The first-order valence-corrected chi connectivity index (χ1v) is 22.8. The largest absolute Gasteiger partial charge is 0.456 e. The molecule has 0 atom stereocenters. The molecule has 0 N–H and O–H groups in total. The van der Waals surface area contributed by atoms with Crippen molar-refractivity contribution in [2.75, 3.05) is 4.90 Å². The number of furan rings is 2. The molecular formula is C63H41NO2. The molecule has 0 bridgehead atoms. The van der Waals surface area contributed by atoms with Crippen molar-refractivity contribution < 1.29 is 8.83 Å². The first-order chi connectivity index (χ1) is 32.5. The SMILES string of the molecule is CC1(C)c2ccccc2-c2ccc(N(c3ccccc3-c3ccccc3)c3ccc4c(oc5ccc6oc7ccccc7c6c54)c3-c3ccc4c5ccccc5c5ccccc5c4c3)cc21. The molecule has 11 aromatic carbocycles. The van der Waals surface area contributed by atoms with Crippen molar-refractivity contribution in [1.29, 1.82) is 0 Å². The van der Waals surface area contributed by atoms with E-state index in [2.05, 4.69) is 225 Å². The summed E-state index contributed by atoms with van der Waals surface area (Å²) in [5, 5.41) is 11.7. The van der Waals surface area contributed by atoms with Gasteiger partial charge in [-0.05, 0) is 120 Å². The molecule has 3 heteroatoms. The van der Waals surface area contributed by atoms with Crippen LogP contribution in [0.1, 0.15) is 25.0 Å². The van der Waals surface area contributed by atoms with Crippen LogP contribution in [0.5, 0.6) is 0 Å². The van der Waals surface area contributed by atoms with Gasteiger partial charge in [0, 0.05) is 43.8 Å². The predicted octanol–water partition coefficient (Wildman–Crippen LogP) is 18.1. The summed E-state index contributed by atoms with van der Waals surface area (Å²) in [5.41, 5.74) is 16.0. The summed E-state index contributed by atoms with van der Waals surface area (Å²) in [7, 11) is 0. The van der Waals surface area contributed by atoms with Gasteiger partial charge in [0.15, 0.2) is 0 Å². The van der Waals surface area contributed by atoms with Crippen LogP contribution < -0.4 is 4.90 Å². The Balaban J connectivity index is 1.12. The van der Waals surface area contributed by atoms with Gasteiger partial charge in [0.2, 0.25) is 0 Å². The van der Waals surface area contributed by atoms with E-state index in [0.29, 0.717) is 0 Å². The minimum absolute atomic E-state index is 0.195. The summed E-state index contributed by atoms with van der Waals surface area (Å²) in [4.78, 5) is 2.48. The maximum absolute atomic E-state index is 7.29. The molecule has 0 aliphatic heterocycles. The van der Waals surface area contributed by atoms with Crippen molar-refractivity contribution in [3.8, 4) is 33.4 Å². The smallest absolute Gasteiger partial charge is 0.145 e. The topological polar surface area (TPSA) is 29.5 Å². The Morgan fingerprint density at radius 2 is 0.924 bits per heavy atom. The van der Waals surface area contributed by atoms with Crippen molar-refractivity contribution >= 4 is 93.3 Å². The summed E-state index contributed by atoms with van der Waals surface area (Å²) in [5.74, 6) is 0. The van der Waals surface area contributed by atoms with E-state index < -0.39 is 0 Å². The molecule has 0 unspecified atom stereocenters. The second kappa shape index (κ2) is 13.8. The lowest BCUT2D eigenvalue weighted by molar-refractivity contribution is 0.660. The molecular weight excluding hydrogens is 803 g/mol. The van der Waals surface area contributed by atoms with E-state index in [0.717, 1.165) is 83.2 Å². The van der Waals surface area contributed by atoms with Gasteiger partial charge in [0.1, 0.15) is 22.3 Å². The summed E-state index contributed by atoms with van der Waals surface area (Å²) in [6.45, 7) is 4.72. The van der Waals surface area contributed by atoms with E-state index >= 15 is 0 Å². The van der Waals surface area contributed by atoms with Gasteiger partial charge in [-0.1, -0.05) is 172 Å². The average Bonchev–Trinajstić information content (AvgIpc) is 4.01. The number of hydrogen-bond acceptors (Lipinski definition) is 3. The Morgan fingerprint density at radius 3 is 1.70 bits per heavy atom. The first-order valence-electron chi connectivity index (χ1n) is 22.8. The second-order valence-corrected chi connectivity index (χ2v) is 18.3. The Hall–Kier alpha value is -8.40. The van der Waals surface area contributed by atoms with Gasteiger partial charge in [0.05, 0.1) is 11.4 Å². The lowest BCUT2D eigenvalue weighted by atomic mass is 9.82. The Labute approximate surface area is 381 Å². The molecule has 1 aliphatic carbocycles. The van der Waals surface area contributed by atoms with E-state index in [4.69, 9.17) is 8.83 Å². The molecule has 2 aromatic heterocycles. The van der Waals surface area contributed by atoms with Gasteiger partial charge in [-0.2, -0.15) is 0 Å². The van der Waals surface area contributed by atoms with Crippen molar-refractivity contribution in [3.05, 3.63) is 223 Å². The normalized spacial score (nSPS) is 13.1. The Morgan fingerprint density at radius 1 is 0.348 bits per heavy atom. The molecule has 14 rings (SSSR count). The Bertz CT molecular complexity index is 4120. The highest BCUT2D eigenvalue weighted by Crippen LogP contribution is 2.54. The third kappa shape index (κ3) is 5.20. The second-order valence-electron chi connectivity index (χ2n) is 18.3. The third-order valence-electron chi connectivity index (χ3n) is 14.5. The highest BCUT2D eigenvalue weighted by molar-refractivity contribution is 6.29. The summed E-state index contributed by atoms with van der Waals surface area (Å²) in [6.07, 6.45) is 0. The van der Waals surface area contributed by atoms with Gasteiger partial charge < -0.3 is 13.7 Å². The standard InChI is InChI=1S/C63H41NO2/c1-63(2)52-25-13-10-23-47(52)48-31-29-40(37-53(48)63)64(54-26-14-11-18-41(54)38-16-4-3-5-17-38)55-33-32-50-61-58(35-34-57-60(61)49-24-12-15-27-56(49)65-57)66-62(50)59(55)39-28-30-46-44-21-7-6-19-42(44)43-20-8-9-22-45(43)51(46)36-39/h3-37H,1-2H3. The van der Waals surface area contributed by atoms with E-state index in [-0.39, 0.29) is 5.41 Å². The summed E-state index contributed by atoms with van der Waals surface area (Å²) >= 11 is 0. The molecule has 0 amide bonds. The fourth-order valence-electron chi connectivity index (χ4n) is 11.4. The van der Waals surface area contributed by atoms with Gasteiger partial charge >= 0.3 is 0 Å². The number of hydrogen-bond donors (Lipinski definition) is 0. The van der Waals surface area contributed by atoms with E-state index in [1.807, 2.05) is 6.07 Å². The lowest BCUT2D eigenvalue weighted by Crippen LogP contribution is -2.17. The molecule has 0 radical (unpaired) electrons. The Kier molecular flexibility index (Phi) is 7.74. The van der Waals surface area contributed by atoms with Gasteiger partial charge in [-0.25, -0.2) is 0 Å². The predicted molar refractivity (Wildman–Crippen MR) is 277 cm³/mol. The molecule has 13 aromatic rings. The van der Waals surface area contributed by atoms with Crippen LogP contribution >= 0.6 is 0 Å². The van der Waals surface area contributed by atoms with E-state index in [9.17, 15) is 0 Å². The lowest BCUT2D eigenvalue weighted by Gasteiger charge is -2.31. The zero-order chi connectivity index (χ0) is 43.7. The third-order valence-corrected chi connectivity index (χ3v) is 14.5. The van der Waals surface area contributed by atoms with Crippen molar-refractivity contribution in [1.82, 2.24) is 0 Å². The number of benzene rings is 11. The summed E-state index contributed by atoms with van der Waals surface area (Å²) in [6, 6.07) is 77.3. The highest BCUT2D eigenvalue weighted by Gasteiger charge is 2.36. The molecule has 1 aliphatic rings. The van der Waals surface area contributed by atoms with E-state index in [1.165, 1.54) is 54.6 Å². The van der Waals surface area contributed by atoms with Crippen molar-refractivity contribution in [2.45, 2.75) is 19.3 Å². The number of anilines is 3. The van der Waals surface area contributed by atoms with Gasteiger partial charge in [-0.15, -0.1) is 0 Å². The zero-order valence-corrected chi connectivity index (χ0v) is 36.5.